The van der Waals surface area contributed by atoms with Gasteiger partial charge in [-0.25, -0.2) is 4.79 Å². The molecule has 0 N–H and O–H groups in total. The van der Waals surface area contributed by atoms with Crippen molar-refractivity contribution in [2.24, 2.45) is 0 Å². The maximum absolute atomic E-state index is 12.5. The maximum atomic E-state index is 12.5. The highest BCUT2D eigenvalue weighted by Gasteiger charge is 2.46. The molecule has 2 aromatic rings. The molecule has 2 aliphatic rings. The van der Waals surface area contributed by atoms with Gasteiger partial charge in [-0.2, -0.15) is 0 Å². The second-order valence-electron chi connectivity index (χ2n) is 6.41. The van der Waals surface area contributed by atoms with Crippen LogP contribution < -0.4 is 0 Å². The number of hydrogen-bond donors (Lipinski definition) is 0. The number of hydrogen-bond acceptors (Lipinski definition) is 4. The van der Waals surface area contributed by atoms with E-state index in [2.05, 4.69) is 9.88 Å². The van der Waals surface area contributed by atoms with Crippen molar-refractivity contribution in [2.45, 2.75) is 19.5 Å². The normalized spacial score (nSPS) is 21.3. The fourth-order valence-corrected chi connectivity index (χ4v) is 3.91. The van der Waals surface area contributed by atoms with Gasteiger partial charge in [0.05, 0.1) is 5.52 Å². The topological polar surface area (TPSA) is 56.8 Å². The molecule has 25 heavy (non-hydrogen) atoms. The van der Waals surface area contributed by atoms with Crippen molar-refractivity contribution in [1.29, 1.82) is 0 Å². The highest BCUT2D eigenvalue weighted by Crippen LogP contribution is 2.28. The number of aromatic nitrogens is 1. The predicted octanol–water partition coefficient (Wildman–Crippen LogP) is 2.36. The van der Waals surface area contributed by atoms with Gasteiger partial charge in [0.15, 0.2) is 0 Å². The van der Waals surface area contributed by atoms with E-state index >= 15 is 0 Å². The van der Waals surface area contributed by atoms with E-state index in [0.717, 1.165) is 16.5 Å². The molecule has 3 heterocycles. The van der Waals surface area contributed by atoms with Crippen molar-refractivity contribution < 1.29 is 9.59 Å². The molecule has 130 valence electrons. The Bertz CT molecular complexity index is 856. The van der Waals surface area contributed by atoms with E-state index in [9.17, 15) is 9.59 Å². The molecule has 1 atom stereocenters. The Kier molecular flexibility index (Phi) is 4.09. The van der Waals surface area contributed by atoms with Gasteiger partial charge in [-0.1, -0.05) is 23.7 Å². The molecule has 0 radical (unpaired) electrons. The summed E-state index contributed by atoms with van der Waals surface area (Å²) in [6, 6.07) is 7.22. The van der Waals surface area contributed by atoms with Gasteiger partial charge in [0.1, 0.15) is 6.04 Å². The van der Waals surface area contributed by atoms with Crippen molar-refractivity contribution in [1.82, 2.24) is 19.7 Å². The Morgan fingerprint density at radius 3 is 2.88 bits per heavy atom. The smallest absolute Gasteiger partial charge is 0.310 e. The Balaban J connectivity index is 1.59. The van der Waals surface area contributed by atoms with Gasteiger partial charge >= 0.3 is 6.03 Å². The van der Waals surface area contributed by atoms with Crippen LogP contribution in [0.4, 0.5) is 4.79 Å². The first kappa shape index (κ1) is 16.3. The molecule has 2 saturated heterocycles. The number of imide groups is 1. The first-order chi connectivity index (χ1) is 12.1. The summed E-state index contributed by atoms with van der Waals surface area (Å²) < 4.78 is 0. The van der Waals surface area contributed by atoms with Crippen LogP contribution in [0.2, 0.25) is 5.02 Å². The van der Waals surface area contributed by atoms with Gasteiger partial charge in [-0.05, 0) is 19.1 Å². The third kappa shape index (κ3) is 2.65. The molecule has 0 aliphatic carbocycles. The fraction of sp³-hybridized carbons (Fsp3) is 0.389. The summed E-state index contributed by atoms with van der Waals surface area (Å²) >= 11 is 6.42. The second-order valence-corrected chi connectivity index (χ2v) is 6.82. The SMILES string of the molecule is CCN1C(=O)C2CN(Cc3c(Cl)ccc4cccnc34)CCN2C1=O. The lowest BCUT2D eigenvalue weighted by atomic mass is 10.1. The number of pyridine rings is 1. The molecule has 1 aromatic carbocycles. The van der Waals surface area contributed by atoms with Crippen LogP contribution in [-0.4, -0.2) is 63.8 Å². The van der Waals surface area contributed by atoms with Gasteiger partial charge in [0, 0.05) is 54.9 Å². The standard InChI is InChI=1S/C18H19ClN4O2/c1-2-22-17(24)15-11-21(8-9-23(15)18(22)25)10-13-14(19)6-5-12-4-3-7-20-16(12)13/h3-7,15H,2,8-11H2,1H3. The number of benzene rings is 1. The van der Waals surface area contributed by atoms with Gasteiger partial charge in [0.25, 0.3) is 5.91 Å². The summed E-state index contributed by atoms with van der Waals surface area (Å²) in [6.07, 6.45) is 1.76. The lowest BCUT2D eigenvalue weighted by Gasteiger charge is -2.35. The summed E-state index contributed by atoms with van der Waals surface area (Å²) in [6.45, 7) is 4.66. The molecule has 1 unspecified atom stereocenters. The van der Waals surface area contributed by atoms with Crippen LogP contribution in [0.15, 0.2) is 30.5 Å². The Labute approximate surface area is 151 Å². The van der Waals surface area contributed by atoms with Crippen LogP contribution in [-0.2, 0) is 11.3 Å². The summed E-state index contributed by atoms with van der Waals surface area (Å²) in [7, 11) is 0. The van der Waals surface area contributed by atoms with Crippen molar-refractivity contribution in [3.8, 4) is 0 Å². The number of nitrogens with zero attached hydrogens (tertiary/aromatic N) is 4. The minimum absolute atomic E-state index is 0.0978. The zero-order chi connectivity index (χ0) is 17.6. The van der Waals surface area contributed by atoms with Crippen molar-refractivity contribution in [3.63, 3.8) is 0 Å². The van der Waals surface area contributed by atoms with E-state index in [-0.39, 0.29) is 18.0 Å². The first-order valence-electron chi connectivity index (χ1n) is 8.46. The molecule has 0 bridgehead atoms. The number of amides is 3. The zero-order valence-corrected chi connectivity index (χ0v) is 14.7. The van der Waals surface area contributed by atoms with Crippen LogP contribution in [0.1, 0.15) is 12.5 Å². The van der Waals surface area contributed by atoms with E-state index in [1.165, 1.54) is 4.90 Å². The van der Waals surface area contributed by atoms with Gasteiger partial charge in [-0.3, -0.25) is 19.6 Å². The molecule has 1 aromatic heterocycles. The summed E-state index contributed by atoms with van der Waals surface area (Å²) in [4.78, 5) is 34.4. The maximum Gasteiger partial charge on any atom is 0.327 e. The van der Waals surface area contributed by atoms with Crippen molar-refractivity contribution >= 4 is 34.4 Å². The van der Waals surface area contributed by atoms with Gasteiger partial charge in [0.2, 0.25) is 0 Å². The molecular weight excluding hydrogens is 340 g/mol. The number of carbonyl (C=O) groups is 2. The third-order valence-corrected chi connectivity index (χ3v) is 5.37. The molecule has 2 fully saturated rings. The van der Waals surface area contributed by atoms with Crippen LogP contribution >= 0.6 is 11.6 Å². The van der Waals surface area contributed by atoms with Crippen molar-refractivity contribution in [2.75, 3.05) is 26.2 Å². The van der Waals surface area contributed by atoms with E-state index in [4.69, 9.17) is 11.6 Å². The molecule has 6 nitrogen and oxygen atoms in total. The average Bonchev–Trinajstić information content (AvgIpc) is 2.87. The Hall–Kier alpha value is -2.18. The molecule has 4 rings (SSSR count). The number of urea groups is 1. The Morgan fingerprint density at radius 2 is 2.08 bits per heavy atom. The highest BCUT2D eigenvalue weighted by atomic mass is 35.5. The van der Waals surface area contributed by atoms with Crippen molar-refractivity contribution in [3.05, 3.63) is 41.0 Å². The number of piperazine rings is 1. The number of carbonyl (C=O) groups excluding carboxylic acids is 2. The highest BCUT2D eigenvalue weighted by molar-refractivity contribution is 6.32. The monoisotopic (exact) mass is 358 g/mol. The first-order valence-corrected chi connectivity index (χ1v) is 8.84. The number of halogens is 1. The quantitative estimate of drug-likeness (QED) is 0.790. The average molecular weight is 359 g/mol. The number of rotatable bonds is 3. The third-order valence-electron chi connectivity index (χ3n) is 5.01. The summed E-state index contributed by atoms with van der Waals surface area (Å²) in [5.41, 5.74) is 1.86. The van der Waals surface area contributed by atoms with Gasteiger partial charge in [-0.15, -0.1) is 0 Å². The Morgan fingerprint density at radius 1 is 1.24 bits per heavy atom. The molecular formula is C18H19ClN4O2. The van der Waals surface area contributed by atoms with Gasteiger partial charge < -0.3 is 4.90 Å². The molecule has 3 amide bonds. The minimum atomic E-state index is -0.386. The van der Waals surface area contributed by atoms with Crippen LogP contribution in [0.25, 0.3) is 10.9 Å². The molecule has 0 spiro atoms. The minimum Gasteiger partial charge on any atom is -0.310 e. The summed E-state index contributed by atoms with van der Waals surface area (Å²) in [5, 5.41) is 1.72. The molecule has 2 aliphatic heterocycles. The largest absolute Gasteiger partial charge is 0.327 e. The van der Waals surface area contributed by atoms with Crippen LogP contribution in [0.3, 0.4) is 0 Å². The van der Waals surface area contributed by atoms with Crippen LogP contribution in [0, 0.1) is 0 Å². The lowest BCUT2D eigenvalue weighted by molar-refractivity contribution is -0.129. The zero-order valence-electron chi connectivity index (χ0n) is 14.0. The fourth-order valence-electron chi connectivity index (χ4n) is 3.70. The van der Waals surface area contributed by atoms with E-state index in [1.807, 2.05) is 31.2 Å². The van der Waals surface area contributed by atoms with E-state index < -0.39 is 0 Å². The van der Waals surface area contributed by atoms with Crippen LogP contribution in [0.5, 0.6) is 0 Å². The lowest BCUT2D eigenvalue weighted by Crippen LogP contribution is -2.52. The summed E-state index contributed by atoms with van der Waals surface area (Å²) in [5.74, 6) is -0.0978. The number of likely N-dealkylation sites (N-methyl/N-ethyl adjacent to an activating group) is 1. The number of fused-ring (bicyclic) bond motifs is 2. The molecule has 0 saturated carbocycles. The van der Waals surface area contributed by atoms with E-state index in [1.54, 1.807) is 11.1 Å². The second kappa shape index (κ2) is 6.28. The van der Waals surface area contributed by atoms with E-state index in [0.29, 0.717) is 37.7 Å². The predicted molar refractivity (Wildman–Crippen MR) is 95.3 cm³/mol. The molecule has 7 heteroatoms.